The Morgan fingerprint density at radius 2 is 1.33 bits per heavy atom. The molecule has 0 aliphatic heterocycles. The molecule has 1 rings (SSSR count). The highest BCUT2D eigenvalue weighted by Crippen LogP contribution is 2.17. The van der Waals surface area contributed by atoms with Crippen LogP contribution in [0.2, 0.25) is 0 Å². The molecule has 0 aromatic carbocycles. The second-order valence-corrected chi connectivity index (χ2v) is 2.62. The second kappa shape index (κ2) is 3.88. The average Bonchev–Trinajstić information content (AvgIpc) is 2.27. The quantitative estimate of drug-likeness (QED) is 0.607. The largest absolute Gasteiger partial charge is 0.240 e. The molecule has 15 heavy (non-hydrogen) atoms. The predicted molar refractivity (Wildman–Crippen MR) is 47.8 cm³/mol. The van der Waals surface area contributed by atoms with Gasteiger partial charge in [0.05, 0.1) is 16.8 Å². The van der Waals surface area contributed by atoms with Crippen LogP contribution >= 0.6 is 0 Å². The van der Waals surface area contributed by atoms with E-state index in [0.29, 0.717) is 0 Å². The second-order valence-electron chi connectivity index (χ2n) is 2.62. The summed E-state index contributed by atoms with van der Waals surface area (Å²) in [4.78, 5) is 3.78. The topological polar surface area (TPSA) is 108 Å². The molecule has 0 bridgehead atoms. The zero-order valence-electron chi connectivity index (χ0n) is 7.74. The lowest BCUT2D eigenvalue weighted by Gasteiger charge is -2.02. The van der Waals surface area contributed by atoms with E-state index in [-0.39, 0.29) is 28.1 Å². The number of nitriles is 4. The van der Waals surface area contributed by atoms with Crippen molar-refractivity contribution >= 4 is 0 Å². The Hall–Kier alpha value is -2.89. The molecule has 68 valence electrons. The first-order chi connectivity index (χ1) is 7.19. The van der Waals surface area contributed by atoms with Crippen LogP contribution in [-0.2, 0) is 0 Å². The van der Waals surface area contributed by atoms with E-state index in [1.165, 1.54) is 6.92 Å². The highest BCUT2D eigenvalue weighted by atomic mass is 14.7. The Labute approximate surface area is 86.0 Å². The van der Waals surface area contributed by atoms with Gasteiger partial charge < -0.3 is 0 Å². The van der Waals surface area contributed by atoms with Crippen LogP contribution in [-0.4, -0.2) is 4.98 Å². The molecule has 5 heteroatoms. The molecule has 0 aliphatic carbocycles. The van der Waals surface area contributed by atoms with Crippen LogP contribution in [0.3, 0.4) is 0 Å². The maximum Gasteiger partial charge on any atom is 0.159 e. The summed E-state index contributed by atoms with van der Waals surface area (Å²) in [5.41, 5.74) is -0.00519. The third-order valence-electron chi connectivity index (χ3n) is 1.82. The fraction of sp³-hybridized carbons (Fsp3) is 0.100. The van der Waals surface area contributed by atoms with Crippen molar-refractivity contribution < 1.29 is 0 Å². The smallest absolute Gasteiger partial charge is 0.159 e. The van der Waals surface area contributed by atoms with Crippen LogP contribution in [0, 0.1) is 52.2 Å². The van der Waals surface area contributed by atoms with Gasteiger partial charge in [0, 0.05) is 0 Å². The van der Waals surface area contributed by atoms with E-state index in [1.807, 2.05) is 0 Å². The highest BCUT2D eigenvalue weighted by molar-refractivity contribution is 5.60. The molecule has 0 unspecified atom stereocenters. The van der Waals surface area contributed by atoms with Crippen molar-refractivity contribution in [3.05, 3.63) is 28.1 Å². The van der Waals surface area contributed by atoms with Gasteiger partial charge in [-0.05, 0) is 6.92 Å². The lowest BCUT2D eigenvalue weighted by Crippen LogP contribution is -2.01. The molecule has 0 N–H and O–H groups in total. The lowest BCUT2D eigenvalue weighted by molar-refractivity contribution is 1.12. The van der Waals surface area contributed by atoms with E-state index in [4.69, 9.17) is 21.0 Å². The summed E-state index contributed by atoms with van der Waals surface area (Å²) in [5.74, 6) is 0. The zero-order valence-corrected chi connectivity index (χ0v) is 7.74. The van der Waals surface area contributed by atoms with Gasteiger partial charge in [-0.15, -0.1) is 0 Å². The average molecular weight is 193 g/mol. The fourth-order valence-corrected chi connectivity index (χ4v) is 1.14. The minimum atomic E-state index is -0.137. The minimum Gasteiger partial charge on any atom is -0.240 e. The van der Waals surface area contributed by atoms with E-state index in [0.717, 1.165) is 0 Å². The lowest BCUT2D eigenvalue weighted by atomic mass is 10.0. The van der Waals surface area contributed by atoms with Crippen molar-refractivity contribution in [3.63, 3.8) is 0 Å². The van der Waals surface area contributed by atoms with Crippen molar-refractivity contribution in [1.29, 1.82) is 21.0 Å². The molecular formula is C10H3N5. The number of hydrogen-bond acceptors (Lipinski definition) is 5. The molecule has 0 radical (unpaired) electrons. The zero-order chi connectivity index (χ0) is 11.4. The molecule has 0 saturated heterocycles. The van der Waals surface area contributed by atoms with E-state index < -0.39 is 0 Å². The standard InChI is InChI=1S/C10H3N5/c1-6-7(2-11)8(3-12)9(4-13)10(5-14)15-6/h1H3. The molecule has 0 spiro atoms. The van der Waals surface area contributed by atoms with Gasteiger partial charge in [-0.3, -0.25) is 0 Å². The normalized spacial score (nSPS) is 8.07. The Bertz CT molecular complexity index is 587. The third kappa shape index (κ3) is 1.46. The summed E-state index contributed by atoms with van der Waals surface area (Å²) in [6, 6.07) is 6.97. The van der Waals surface area contributed by atoms with Crippen molar-refractivity contribution in [2.24, 2.45) is 0 Å². The third-order valence-corrected chi connectivity index (χ3v) is 1.82. The van der Waals surface area contributed by atoms with Crippen molar-refractivity contribution in [1.82, 2.24) is 4.98 Å². The number of aromatic nitrogens is 1. The molecule has 0 aliphatic rings. The summed E-state index contributed by atoms with van der Waals surface area (Å²) in [6.07, 6.45) is 0. The predicted octanol–water partition coefficient (Wildman–Crippen LogP) is 0.877. The van der Waals surface area contributed by atoms with Crippen LogP contribution in [0.15, 0.2) is 0 Å². The number of nitrogens with zero attached hydrogens (tertiary/aromatic N) is 5. The van der Waals surface area contributed by atoms with Gasteiger partial charge in [0.1, 0.15) is 29.8 Å². The molecule has 0 saturated carbocycles. The van der Waals surface area contributed by atoms with E-state index in [2.05, 4.69) is 4.98 Å². The summed E-state index contributed by atoms with van der Waals surface area (Å²) < 4.78 is 0. The van der Waals surface area contributed by atoms with Crippen LogP contribution in [0.5, 0.6) is 0 Å². The molecule has 0 fully saturated rings. The molecule has 5 nitrogen and oxygen atoms in total. The number of hydrogen-bond donors (Lipinski definition) is 0. The first-order valence-corrected chi connectivity index (χ1v) is 3.84. The van der Waals surface area contributed by atoms with Gasteiger partial charge in [0.15, 0.2) is 5.69 Å². The molecular weight excluding hydrogens is 190 g/mol. The molecule has 1 aromatic heterocycles. The SMILES string of the molecule is Cc1nc(C#N)c(C#N)c(C#N)c1C#N. The Morgan fingerprint density at radius 3 is 1.73 bits per heavy atom. The summed E-state index contributed by atoms with van der Waals surface area (Å²) in [5, 5.41) is 35.1. The monoisotopic (exact) mass is 193 g/mol. The molecule has 0 amide bonds. The fourth-order valence-electron chi connectivity index (χ4n) is 1.14. The van der Waals surface area contributed by atoms with E-state index in [9.17, 15) is 0 Å². The number of pyridine rings is 1. The Morgan fingerprint density at radius 1 is 0.800 bits per heavy atom. The summed E-state index contributed by atoms with van der Waals surface area (Å²) in [6.45, 7) is 1.52. The van der Waals surface area contributed by atoms with Crippen molar-refractivity contribution in [2.75, 3.05) is 0 Å². The van der Waals surface area contributed by atoms with Gasteiger partial charge >= 0.3 is 0 Å². The van der Waals surface area contributed by atoms with Gasteiger partial charge in [0.2, 0.25) is 0 Å². The van der Waals surface area contributed by atoms with Gasteiger partial charge in [-0.1, -0.05) is 0 Å². The number of rotatable bonds is 0. The summed E-state index contributed by atoms with van der Waals surface area (Å²) >= 11 is 0. The van der Waals surface area contributed by atoms with Crippen LogP contribution in [0.1, 0.15) is 28.1 Å². The van der Waals surface area contributed by atoms with Crippen LogP contribution in [0.4, 0.5) is 0 Å². The maximum atomic E-state index is 8.82. The van der Waals surface area contributed by atoms with Crippen LogP contribution < -0.4 is 0 Å². The first-order valence-electron chi connectivity index (χ1n) is 3.84. The summed E-state index contributed by atoms with van der Waals surface area (Å²) in [7, 11) is 0. The minimum absolute atomic E-state index is 0.0491. The Kier molecular flexibility index (Phi) is 2.64. The molecule has 0 atom stereocenters. The van der Waals surface area contributed by atoms with Crippen molar-refractivity contribution in [3.8, 4) is 24.3 Å². The Balaban J connectivity index is 3.84. The van der Waals surface area contributed by atoms with E-state index >= 15 is 0 Å². The first kappa shape index (κ1) is 10.2. The molecule has 1 heterocycles. The highest BCUT2D eigenvalue weighted by Gasteiger charge is 2.17. The van der Waals surface area contributed by atoms with Gasteiger partial charge in [-0.25, -0.2) is 4.98 Å². The molecule has 1 aromatic rings. The van der Waals surface area contributed by atoms with E-state index in [1.54, 1.807) is 24.3 Å². The van der Waals surface area contributed by atoms with Gasteiger partial charge in [0.25, 0.3) is 0 Å². The van der Waals surface area contributed by atoms with Crippen molar-refractivity contribution in [2.45, 2.75) is 6.92 Å². The maximum absolute atomic E-state index is 8.82. The number of aryl methyl sites for hydroxylation is 1. The van der Waals surface area contributed by atoms with Gasteiger partial charge in [-0.2, -0.15) is 21.0 Å². The van der Waals surface area contributed by atoms with Crippen LogP contribution in [0.25, 0.3) is 0 Å².